The van der Waals surface area contributed by atoms with Crippen molar-refractivity contribution in [1.82, 2.24) is 15.5 Å². The van der Waals surface area contributed by atoms with E-state index in [1.165, 1.54) is 6.26 Å². The molecule has 0 fully saturated rings. The molecule has 0 spiro atoms. The Kier molecular flexibility index (Phi) is 3.51. The van der Waals surface area contributed by atoms with Gasteiger partial charge in [-0.3, -0.25) is 4.79 Å². The number of nitrogens with zero attached hydrogens (tertiary/aromatic N) is 2. The number of hydrogen-bond acceptors (Lipinski definition) is 5. The lowest BCUT2D eigenvalue weighted by Crippen LogP contribution is -2.85. The maximum Gasteiger partial charge on any atom is 0.283 e. The van der Waals surface area contributed by atoms with Crippen molar-refractivity contribution in [2.75, 3.05) is 13.6 Å². The van der Waals surface area contributed by atoms with Gasteiger partial charge in [-0.25, -0.2) is 0 Å². The van der Waals surface area contributed by atoms with Crippen LogP contribution in [0.5, 0.6) is 0 Å². The third-order valence-electron chi connectivity index (χ3n) is 2.13. The Hall–Kier alpha value is -2.15. The minimum atomic E-state index is -0.0456. The molecule has 7 nitrogen and oxygen atoms in total. The van der Waals surface area contributed by atoms with Crippen LogP contribution >= 0.6 is 0 Å². The van der Waals surface area contributed by atoms with E-state index in [1.54, 1.807) is 24.5 Å². The number of rotatable bonds is 5. The van der Waals surface area contributed by atoms with Gasteiger partial charge in [0.2, 0.25) is 0 Å². The van der Waals surface area contributed by atoms with E-state index in [1.807, 2.05) is 0 Å². The second kappa shape index (κ2) is 5.26. The fourth-order valence-electron chi connectivity index (χ4n) is 1.26. The molecule has 0 saturated heterocycles. The third-order valence-corrected chi connectivity index (χ3v) is 2.13. The molecule has 0 aliphatic rings. The number of carbonyl (C=O) groups excluding carboxylic acids is 1. The van der Waals surface area contributed by atoms with Crippen molar-refractivity contribution in [1.29, 1.82) is 0 Å². The van der Waals surface area contributed by atoms with Crippen LogP contribution in [0.4, 0.5) is 0 Å². The first-order chi connectivity index (χ1) is 8.29. The number of nitrogens with two attached hydrogens (primary N) is 1. The highest BCUT2D eigenvalue weighted by atomic mass is 16.4. The molecule has 3 N–H and O–H groups in total. The number of likely N-dealkylation sites (N-methyl/N-ethyl adjacent to an activating group) is 1. The molecular weight excluding hydrogens is 224 g/mol. The Morgan fingerprint density at radius 2 is 2.41 bits per heavy atom. The summed E-state index contributed by atoms with van der Waals surface area (Å²) in [6.45, 7) is 0.788. The summed E-state index contributed by atoms with van der Waals surface area (Å²) in [7, 11) is 1.60. The van der Waals surface area contributed by atoms with Crippen molar-refractivity contribution < 1.29 is 18.9 Å². The number of amides is 1. The maximum absolute atomic E-state index is 11.0. The molecule has 2 aromatic heterocycles. The van der Waals surface area contributed by atoms with E-state index in [0.717, 1.165) is 0 Å². The predicted octanol–water partition coefficient (Wildman–Crippen LogP) is -0.861. The van der Waals surface area contributed by atoms with Crippen LogP contribution in [0.15, 0.2) is 27.2 Å². The number of carbonyl (C=O) groups is 1. The van der Waals surface area contributed by atoms with Crippen LogP contribution < -0.4 is 10.6 Å². The summed E-state index contributed by atoms with van der Waals surface area (Å²) in [5, 5.41) is 12.0. The highest BCUT2D eigenvalue weighted by Crippen LogP contribution is 2.17. The van der Waals surface area contributed by atoms with Crippen LogP contribution in [0.3, 0.4) is 0 Å². The minimum absolute atomic E-state index is 0.0456. The van der Waals surface area contributed by atoms with E-state index in [9.17, 15) is 4.79 Å². The van der Waals surface area contributed by atoms with Gasteiger partial charge in [0.05, 0.1) is 6.26 Å². The van der Waals surface area contributed by atoms with Crippen LogP contribution in [0.25, 0.3) is 11.7 Å². The Morgan fingerprint density at radius 1 is 1.53 bits per heavy atom. The number of hydrogen-bond donors (Lipinski definition) is 2. The summed E-state index contributed by atoms with van der Waals surface area (Å²) in [6.07, 6.45) is 1.54. The molecule has 2 heterocycles. The lowest BCUT2D eigenvalue weighted by atomic mass is 10.4. The lowest BCUT2D eigenvalue weighted by Gasteiger charge is -1.96. The average molecular weight is 237 g/mol. The molecule has 0 radical (unpaired) electrons. The summed E-state index contributed by atoms with van der Waals surface area (Å²) in [5.74, 6) is 1.30. The molecule has 0 aliphatic heterocycles. The SMILES string of the molecule is CNC(=O)C[NH2+]Cc1nnc(-c2ccco2)o1. The largest absolute Gasteiger partial charge is 0.459 e. The number of aromatic nitrogens is 2. The topological polar surface area (TPSA) is 97.8 Å². The zero-order valence-electron chi connectivity index (χ0n) is 9.34. The van der Waals surface area contributed by atoms with Crippen LogP contribution in [-0.2, 0) is 11.3 Å². The zero-order chi connectivity index (χ0) is 12.1. The molecule has 0 bridgehead atoms. The van der Waals surface area contributed by atoms with E-state index in [2.05, 4.69) is 15.5 Å². The van der Waals surface area contributed by atoms with E-state index in [4.69, 9.17) is 8.83 Å². The average Bonchev–Trinajstić information content (AvgIpc) is 2.98. The van der Waals surface area contributed by atoms with Crippen LogP contribution in [-0.4, -0.2) is 29.7 Å². The third kappa shape index (κ3) is 2.91. The van der Waals surface area contributed by atoms with Gasteiger partial charge in [0.1, 0.15) is 0 Å². The molecule has 7 heteroatoms. The Morgan fingerprint density at radius 3 is 3.12 bits per heavy atom. The van der Waals surface area contributed by atoms with Crippen LogP contribution in [0.1, 0.15) is 5.89 Å². The van der Waals surface area contributed by atoms with Crippen molar-refractivity contribution in [3.05, 3.63) is 24.3 Å². The van der Waals surface area contributed by atoms with Gasteiger partial charge in [0.25, 0.3) is 17.7 Å². The minimum Gasteiger partial charge on any atom is -0.459 e. The summed E-state index contributed by atoms with van der Waals surface area (Å²) in [5.41, 5.74) is 0. The Labute approximate surface area is 97.2 Å². The summed E-state index contributed by atoms with van der Waals surface area (Å²) in [6, 6.07) is 3.49. The Bertz CT molecular complexity index is 477. The van der Waals surface area contributed by atoms with Crippen molar-refractivity contribution >= 4 is 5.91 Å². The van der Waals surface area contributed by atoms with Crippen molar-refractivity contribution in [3.8, 4) is 11.7 Å². The summed E-state index contributed by atoms with van der Waals surface area (Å²) >= 11 is 0. The molecule has 0 saturated carbocycles. The highest BCUT2D eigenvalue weighted by molar-refractivity contribution is 5.76. The lowest BCUT2D eigenvalue weighted by molar-refractivity contribution is -0.662. The predicted molar refractivity (Wildman–Crippen MR) is 56.6 cm³/mol. The smallest absolute Gasteiger partial charge is 0.283 e. The molecular formula is C10H13N4O3+. The number of quaternary nitrogens is 1. The van der Waals surface area contributed by atoms with E-state index >= 15 is 0 Å². The second-order valence-corrected chi connectivity index (χ2v) is 3.35. The van der Waals surface area contributed by atoms with Gasteiger partial charge in [-0.15, -0.1) is 10.2 Å². The first kappa shape index (κ1) is 11.3. The summed E-state index contributed by atoms with van der Waals surface area (Å²) in [4.78, 5) is 11.0. The first-order valence-electron chi connectivity index (χ1n) is 5.18. The van der Waals surface area contributed by atoms with Gasteiger partial charge in [-0.2, -0.15) is 0 Å². The molecule has 90 valence electrons. The number of nitrogens with one attached hydrogen (secondary N) is 1. The Balaban J connectivity index is 1.89. The van der Waals surface area contributed by atoms with Gasteiger partial charge in [0.15, 0.2) is 18.8 Å². The molecule has 1 amide bonds. The molecule has 2 rings (SSSR count). The zero-order valence-corrected chi connectivity index (χ0v) is 9.34. The van der Waals surface area contributed by atoms with Crippen LogP contribution in [0.2, 0.25) is 0 Å². The van der Waals surface area contributed by atoms with Gasteiger partial charge in [-0.05, 0) is 12.1 Å². The highest BCUT2D eigenvalue weighted by Gasteiger charge is 2.12. The number of furan rings is 1. The van der Waals surface area contributed by atoms with Gasteiger partial charge in [0, 0.05) is 7.05 Å². The van der Waals surface area contributed by atoms with Crippen molar-refractivity contribution in [2.45, 2.75) is 6.54 Å². The monoisotopic (exact) mass is 237 g/mol. The molecule has 0 unspecified atom stereocenters. The fraction of sp³-hybridized carbons (Fsp3) is 0.300. The quantitative estimate of drug-likeness (QED) is 0.705. The normalized spacial score (nSPS) is 10.4. The molecule has 0 atom stereocenters. The van der Waals surface area contributed by atoms with Crippen LogP contribution in [0, 0.1) is 0 Å². The maximum atomic E-state index is 11.0. The fourth-order valence-corrected chi connectivity index (χ4v) is 1.26. The molecule has 0 aliphatic carbocycles. The molecule has 0 aromatic carbocycles. The van der Waals surface area contributed by atoms with Gasteiger partial charge >= 0.3 is 0 Å². The molecule has 2 aromatic rings. The van der Waals surface area contributed by atoms with E-state index in [0.29, 0.717) is 30.6 Å². The second-order valence-electron chi connectivity index (χ2n) is 3.35. The van der Waals surface area contributed by atoms with Crippen molar-refractivity contribution in [3.63, 3.8) is 0 Å². The first-order valence-corrected chi connectivity index (χ1v) is 5.18. The van der Waals surface area contributed by atoms with Gasteiger partial charge < -0.3 is 19.5 Å². The standard InChI is InChI=1S/C10H12N4O3/c1-11-8(15)5-12-6-9-13-14-10(17-9)7-3-2-4-16-7/h2-4,12H,5-6H2,1H3,(H,11,15)/p+1. The van der Waals surface area contributed by atoms with Gasteiger partial charge in [-0.1, -0.05) is 0 Å². The van der Waals surface area contributed by atoms with E-state index < -0.39 is 0 Å². The van der Waals surface area contributed by atoms with E-state index in [-0.39, 0.29) is 5.91 Å². The summed E-state index contributed by atoms with van der Waals surface area (Å²) < 4.78 is 10.5. The molecule has 17 heavy (non-hydrogen) atoms. The van der Waals surface area contributed by atoms with Crippen molar-refractivity contribution in [2.24, 2.45) is 0 Å².